The number of halogens is 3. The van der Waals surface area contributed by atoms with Crippen LogP contribution in [-0.4, -0.2) is 35.7 Å². The Hall–Kier alpha value is -1.76. The molecule has 1 heterocycles. The second-order valence-corrected chi connectivity index (χ2v) is 6.75. The summed E-state index contributed by atoms with van der Waals surface area (Å²) < 4.78 is 45.6. The number of rotatable bonds is 1. The van der Waals surface area contributed by atoms with Gasteiger partial charge in [0.2, 0.25) is 0 Å². The average molecular weight is 330 g/mol. The standard InChI is InChI=1S/C16H21F3N2O2/c1-16(2,3)23-15(22)21-7-6-9(12(20)8-21)10-4-5-11(17)14(19)13(10)18/h4-5,9,12H,6-8,20H2,1-3H3/t9-,12+/m0/s1. The van der Waals surface area contributed by atoms with Gasteiger partial charge in [-0.15, -0.1) is 0 Å². The molecule has 0 radical (unpaired) electrons. The second-order valence-electron chi connectivity index (χ2n) is 6.75. The molecule has 0 spiro atoms. The summed E-state index contributed by atoms with van der Waals surface area (Å²) in [5.41, 5.74) is 5.45. The minimum absolute atomic E-state index is 0.0419. The monoisotopic (exact) mass is 330 g/mol. The van der Waals surface area contributed by atoms with Crippen LogP contribution in [0.4, 0.5) is 18.0 Å². The number of nitrogens with zero attached hydrogens (tertiary/aromatic N) is 1. The highest BCUT2D eigenvalue weighted by molar-refractivity contribution is 5.68. The van der Waals surface area contributed by atoms with E-state index < -0.39 is 41.1 Å². The molecule has 1 fully saturated rings. The number of piperidine rings is 1. The lowest BCUT2D eigenvalue weighted by Crippen LogP contribution is -2.51. The second kappa shape index (κ2) is 6.39. The average Bonchev–Trinajstić information content (AvgIpc) is 2.44. The van der Waals surface area contributed by atoms with Crippen LogP contribution in [0.25, 0.3) is 0 Å². The highest BCUT2D eigenvalue weighted by Crippen LogP contribution is 2.31. The van der Waals surface area contributed by atoms with E-state index in [4.69, 9.17) is 10.5 Å². The fourth-order valence-corrected chi connectivity index (χ4v) is 2.69. The van der Waals surface area contributed by atoms with E-state index in [2.05, 4.69) is 0 Å². The van der Waals surface area contributed by atoms with Gasteiger partial charge in [-0.2, -0.15) is 0 Å². The van der Waals surface area contributed by atoms with Crippen LogP contribution in [0.5, 0.6) is 0 Å². The molecule has 2 rings (SSSR count). The molecular weight excluding hydrogens is 309 g/mol. The van der Waals surface area contributed by atoms with E-state index in [1.54, 1.807) is 20.8 Å². The van der Waals surface area contributed by atoms with Crippen LogP contribution in [0.1, 0.15) is 38.7 Å². The Balaban J connectivity index is 2.11. The molecule has 2 N–H and O–H groups in total. The number of hydrogen-bond acceptors (Lipinski definition) is 3. The Morgan fingerprint density at radius 1 is 1.26 bits per heavy atom. The minimum Gasteiger partial charge on any atom is -0.444 e. The number of ether oxygens (including phenoxy) is 1. The third-order valence-corrected chi connectivity index (χ3v) is 3.77. The van der Waals surface area contributed by atoms with Gasteiger partial charge < -0.3 is 15.4 Å². The Labute approximate surface area is 133 Å². The van der Waals surface area contributed by atoms with Crippen molar-refractivity contribution < 1.29 is 22.7 Å². The van der Waals surface area contributed by atoms with Gasteiger partial charge >= 0.3 is 6.09 Å². The predicted molar refractivity (Wildman–Crippen MR) is 79.5 cm³/mol. The molecule has 1 saturated heterocycles. The van der Waals surface area contributed by atoms with Gasteiger partial charge in [-0.05, 0) is 38.8 Å². The molecule has 128 valence electrons. The van der Waals surface area contributed by atoms with Crippen LogP contribution < -0.4 is 5.73 Å². The van der Waals surface area contributed by atoms with Crippen LogP contribution in [0.2, 0.25) is 0 Å². The summed E-state index contributed by atoms with van der Waals surface area (Å²) in [6.07, 6.45) is -0.139. The lowest BCUT2D eigenvalue weighted by molar-refractivity contribution is 0.0185. The van der Waals surface area contributed by atoms with Crippen molar-refractivity contribution in [3.05, 3.63) is 35.1 Å². The smallest absolute Gasteiger partial charge is 0.410 e. The molecule has 0 bridgehead atoms. The van der Waals surface area contributed by atoms with E-state index in [0.717, 1.165) is 6.07 Å². The first-order valence-electron chi connectivity index (χ1n) is 7.47. The quantitative estimate of drug-likeness (QED) is 0.805. The summed E-state index contributed by atoms with van der Waals surface area (Å²) in [6, 6.07) is 1.51. The minimum atomic E-state index is -1.50. The van der Waals surface area contributed by atoms with E-state index in [1.807, 2.05) is 0 Å². The van der Waals surface area contributed by atoms with Crippen molar-refractivity contribution in [2.24, 2.45) is 5.73 Å². The molecule has 1 aliphatic rings. The van der Waals surface area contributed by atoms with Gasteiger partial charge in [0.15, 0.2) is 17.5 Å². The number of likely N-dealkylation sites (tertiary alicyclic amines) is 1. The van der Waals surface area contributed by atoms with Gasteiger partial charge in [0.1, 0.15) is 5.60 Å². The summed E-state index contributed by atoms with van der Waals surface area (Å²) in [4.78, 5) is 13.5. The van der Waals surface area contributed by atoms with E-state index in [1.165, 1.54) is 11.0 Å². The zero-order chi connectivity index (χ0) is 17.4. The number of amides is 1. The highest BCUT2D eigenvalue weighted by Gasteiger charge is 2.34. The maximum atomic E-state index is 13.9. The fourth-order valence-electron chi connectivity index (χ4n) is 2.69. The third-order valence-electron chi connectivity index (χ3n) is 3.77. The van der Waals surface area contributed by atoms with Crippen LogP contribution in [-0.2, 0) is 4.74 Å². The topological polar surface area (TPSA) is 55.6 Å². The maximum Gasteiger partial charge on any atom is 0.410 e. The summed E-state index contributed by atoms with van der Waals surface area (Å²) in [7, 11) is 0. The highest BCUT2D eigenvalue weighted by atomic mass is 19.2. The molecule has 1 amide bonds. The first-order valence-corrected chi connectivity index (χ1v) is 7.47. The number of hydrogen-bond donors (Lipinski definition) is 1. The molecule has 0 aromatic heterocycles. The molecule has 1 aromatic carbocycles. The molecule has 23 heavy (non-hydrogen) atoms. The van der Waals surface area contributed by atoms with Crippen molar-refractivity contribution in [3.63, 3.8) is 0 Å². The van der Waals surface area contributed by atoms with E-state index >= 15 is 0 Å². The summed E-state index contributed by atoms with van der Waals surface area (Å²) in [6.45, 7) is 5.75. The van der Waals surface area contributed by atoms with Crippen molar-refractivity contribution in [3.8, 4) is 0 Å². The zero-order valence-electron chi connectivity index (χ0n) is 13.4. The Kier molecular flexibility index (Phi) is 4.89. The first kappa shape index (κ1) is 17.6. The molecule has 1 aliphatic heterocycles. The lowest BCUT2D eigenvalue weighted by atomic mass is 9.85. The molecular formula is C16H21F3N2O2. The van der Waals surface area contributed by atoms with Gasteiger partial charge in [0, 0.05) is 25.0 Å². The number of benzene rings is 1. The van der Waals surface area contributed by atoms with Crippen molar-refractivity contribution in [2.75, 3.05) is 13.1 Å². The zero-order valence-corrected chi connectivity index (χ0v) is 13.4. The first-order chi connectivity index (χ1) is 10.6. The van der Waals surface area contributed by atoms with E-state index in [9.17, 15) is 18.0 Å². The van der Waals surface area contributed by atoms with Crippen molar-refractivity contribution >= 4 is 6.09 Å². The number of nitrogens with two attached hydrogens (primary N) is 1. The van der Waals surface area contributed by atoms with Crippen LogP contribution in [0.15, 0.2) is 12.1 Å². The lowest BCUT2D eigenvalue weighted by Gasteiger charge is -2.37. The molecule has 0 aliphatic carbocycles. The Bertz CT molecular complexity index is 602. The molecule has 7 heteroatoms. The SMILES string of the molecule is CC(C)(C)OC(=O)N1CC[C@@H](c2ccc(F)c(F)c2F)[C@H](N)C1. The van der Waals surface area contributed by atoms with Gasteiger partial charge in [-0.25, -0.2) is 18.0 Å². The van der Waals surface area contributed by atoms with Gasteiger partial charge in [0.05, 0.1) is 0 Å². The van der Waals surface area contributed by atoms with E-state index in [0.29, 0.717) is 13.0 Å². The predicted octanol–water partition coefficient (Wildman–Crippen LogP) is 3.16. The third kappa shape index (κ3) is 3.96. The molecule has 0 unspecified atom stereocenters. The summed E-state index contributed by atoms with van der Waals surface area (Å²) in [5.74, 6) is -4.42. The molecule has 0 saturated carbocycles. The Morgan fingerprint density at radius 3 is 2.48 bits per heavy atom. The van der Waals surface area contributed by atoms with Crippen molar-refractivity contribution in [2.45, 2.75) is 44.8 Å². The maximum absolute atomic E-state index is 13.9. The summed E-state index contributed by atoms with van der Waals surface area (Å²) in [5, 5.41) is 0. The molecule has 1 aromatic rings. The van der Waals surface area contributed by atoms with Gasteiger partial charge in [0.25, 0.3) is 0 Å². The van der Waals surface area contributed by atoms with Crippen LogP contribution in [0, 0.1) is 17.5 Å². The van der Waals surface area contributed by atoms with Crippen LogP contribution in [0.3, 0.4) is 0 Å². The largest absolute Gasteiger partial charge is 0.444 e. The number of carbonyl (C=O) groups is 1. The van der Waals surface area contributed by atoms with E-state index in [-0.39, 0.29) is 12.1 Å². The summed E-state index contributed by atoms with van der Waals surface area (Å²) >= 11 is 0. The van der Waals surface area contributed by atoms with Gasteiger partial charge in [-0.1, -0.05) is 6.07 Å². The molecule has 2 atom stereocenters. The fraction of sp³-hybridized carbons (Fsp3) is 0.562. The normalized spacial score (nSPS) is 22.1. The van der Waals surface area contributed by atoms with Crippen LogP contribution >= 0.6 is 0 Å². The van der Waals surface area contributed by atoms with Crippen molar-refractivity contribution in [1.82, 2.24) is 4.90 Å². The Morgan fingerprint density at radius 2 is 1.91 bits per heavy atom. The molecule has 4 nitrogen and oxygen atoms in total. The number of carbonyl (C=O) groups excluding carboxylic acids is 1. The van der Waals surface area contributed by atoms with Gasteiger partial charge in [-0.3, -0.25) is 0 Å². The van der Waals surface area contributed by atoms with Crippen molar-refractivity contribution in [1.29, 1.82) is 0 Å².